The molecule has 1 aromatic carbocycles. The molecule has 0 spiro atoms. The fourth-order valence-electron chi connectivity index (χ4n) is 0.939. The lowest BCUT2D eigenvalue weighted by molar-refractivity contribution is -0.182. The van der Waals surface area contributed by atoms with Crippen molar-refractivity contribution in [3.8, 4) is 17.6 Å². The van der Waals surface area contributed by atoms with Crippen molar-refractivity contribution >= 4 is 0 Å². The highest BCUT2D eigenvalue weighted by Crippen LogP contribution is 2.22. The van der Waals surface area contributed by atoms with Crippen LogP contribution in [0.25, 0.3) is 0 Å². The lowest BCUT2D eigenvalue weighted by atomic mass is 10.2. The second kappa shape index (κ2) is 4.58. The first-order valence-corrected chi connectivity index (χ1v) is 3.81. The summed E-state index contributed by atoms with van der Waals surface area (Å²) in [7, 11) is 1.17. The maximum Gasteiger partial charge on any atom is 0.236 e. The molecule has 0 saturated heterocycles. The normalized spacial score (nSPS) is 9.14. The summed E-state index contributed by atoms with van der Waals surface area (Å²) < 4.78 is 26.2. The highest BCUT2D eigenvalue weighted by molar-refractivity contribution is 5.40. The Morgan fingerprint density at radius 3 is 2.21 bits per heavy atom. The van der Waals surface area contributed by atoms with Gasteiger partial charge in [0.15, 0.2) is 11.6 Å². The predicted molar refractivity (Wildman–Crippen MR) is 46.5 cm³/mol. The predicted octanol–water partition coefficient (Wildman–Crippen LogP) is 2.28. The molecule has 1 rings (SSSR count). The first-order valence-electron chi connectivity index (χ1n) is 3.81. The van der Waals surface area contributed by atoms with Crippen molar-refractivity contribution in [2.75, 3.05) is 7.11 Å². The highest BCUT2D eigenvalue weighted by Gasteiger charge is 2.12. The van der Waals surface area contributed by atoms with Crippen LogP contribution in [0.3, 0.4) is 0 Å². The fourth-order valence-corrected chi connectivity index (χ4v) is 0.939. The molecule has 0 aliphatic heterocycles. The summed E-state index contributed by atoms with van der Waals surface area (Å²) in [5, 5.41) is 0. The molecule has 0 aliphatic carbocycles. The quantitative estimate of drug-likeness (QED) is 0.412. The van der Waals surface area contributed by atoms with E-state index < -0.39 is 17.4 Å². The molecule has 0 unspecified atom stereocenters. The van der Waals surface area contributed by atoms with Gasteiger partial charge in [-0.05, 0) is 19.1 Å². The molecule has 4 heteroatoms. The zero-order valence-corrected chi connectivity index (χ0v) is 7.73. The molecule has 0 heterocycles. The summed E-state index contributed by atoms with van der Waals surface area (Å²) in [4.78, 5) is 8.48. The van der Waals surface area contributed by atoms with E-state index in [9.17, 15) is 8.78 Å². The first kappa shape index (κ1) is 10.5. The number of hydrogen-bond acceptors (Lipinski definition) is 2. The van der Waals surface area contributed by atoms with Gasteiger partial charge in [-0.2, -0.15) is 4.89 Å². The molecule has 0 aromatic heterocycles. The first-order chi connectivity index (χ1) is 6.69. The average Bonchev–Trinajstić information content (AvgIpc) is 2.12. The molecule has 0 N–H and O–H groups in total. The molecule has 0 amide bonds. The zero-order chi connectivity index (χ0) is 10.6. The molecule has 0 aliphatic rings. The standard InChI is InChI=1S/C10H8F2O2/c1-3-4-7-5-8(11)10(14-13-2)9(12)6-7/h5-6H,1-2H3. The van der Waals surface area contributed by atoms with Gasteiger partial charge >= 0.3 is 0 Å². The van der Waals surface area contributed by atoms with E-state index in [-0.39, 0.29) is 5.56 Å². The van der Waals surface area contributed by atoms with E-state index in [2.05, 4.69) is 21.6 Å². The monoisotopic (exact) mass is 198 g/mol. The lowest BCUT2D eigenvalue weighted by Gasteiger charge is -2.03. The van der Waals surface area contributed by atoms with E-state index in [1.807, 2.05) is 0 Å². The molecular weight excluding hydrogens is 190 g/mol. The van der Waals surface area contributed by atoms with Gasteiger partial charge in [0.05, 0.1) is 7.11 Å². The van der Waals surface area contributed by atoms with Crippen molar-refractivity contribution in [1.82, 2.24) is 0 Å². The van der Waals surface area contributed by atoms with Gasteiger partial charge in [0.2, 0.25) is 5.75 Å². The summed E-state index contributed by atoms with van der Waals surface area (Å²) in [5.41, 5.74) is 0.256. The molecular formula is C10H8F2O2. The van der Waals surface area contributed by atoms with Crippen molar-refractivity contribution in [3.05, 3.63) is 29.3 Å². The molecule has 74 valence electrons. The van der Waals surface area contributed by atoms with Gasteiger partial charge in [-0.3, -0.25) is 0 Å². The van der Waals surface area contributed by atoms with Gasteiger partial charge in [0.25, 0.3) is 0 Å². The Morgan fingerprint density at radius 1 is 1.21 bits per heavy atom. The molecule has 0 radical (unpaired) electrons. The molecule has 0 atom stereocenters. The van der Waals surface area contributed by atoms with Crippen LogP contribution in [0.15, 0.2) is 12.1 Å². The highest BCUT2D eigenvalue weighted by atomic mass is 19.1. The van der Waals surface area contributed by atoms with Crippen LogP contribution in [0, 0.1) is 23.5 Å². The maximum absolute atomic E-state index is 13.1. The third-order valence-electron chi connectivity index (χ3n) is 1.43. The smallest absolute Gasteiger partial charge is 0.236 e. The summed E-state index contributed by atoms with van der Waals surface area (Å²) >= 11 is 0. The maximum atomic E-state index is 13.1. The Balaban J connectivity index is 3.15. The Kier molecular flexibility index (Phi) is 3.43. The van der Waals surface area contributed by atoms with Crippen LogP contribution in [0.5, 0.6) is 5.75 Å². The summed E-state index contributed by atoms with van der Waals surface area (Å²) in [6, 6.07) is 2.15. The van der Waals surface area contributed by atoms with Crippen LogP contribution in [0.4, 0.5) is 8.78 Å². The van der Waals surface area contributed by atoms with E-state index in [0.717, 1.165) is 12.1 Å². The Morgan fingerprint density at radius 2 is 1.79 bits per heavy atom. The van der Waals surface area contributed by atoms with Gasteiger partial charge in [-0.1, -0.05) is 5.92 Å². The summed E-state index contributed by atoms with van der Waals surface area (Å²) in [5.74, 6) is 2.82. The average molecular weight is 198 g/mol. The van der Waals surface area contributed by atoms with Crippen molar-refractivity contribution in [1.29, 1.82) is 0 Å². The van der Waals surface area contributed by atoms with Gasteiger partial charge in [-0.15, -0.1) is 5.92 Å². The van der Waals surface area contributed by atoms with Gasteiger partial charge in [0.1, 0.15) is 0 Å². The van der Waals surface area contributed by atoms with Gasteiger partial charge in [-0.25, -0.2) is 8.78 Å². The number of benzene rings is 1. The molecule has 0 fully saturated rings. The molecule has 1 aromatic rings. The van der Waals surface area contributed by atoms with E-state index in [0.29, 0.717) is 0 Å². The van der Waals surface area contributed by atoms with Crippen molar-refractivity contribution in [3.63, 3.8) is 0 Å². The molecule has 0 bridgehead atoms. The van der Waals surface area contributed by atoms with E-state index >= 15 is 0 Å². The van der Waals surface area contributed by atoms with Crippen molar-refractivity contribution in [2.24, 2.45) is 0 Å². The largest absolute Gasteiger partial charge is 0.332 e. The molecule has 2 nitrogen and oxygen atoms in total. The Hall–Kier alpha value is -1.60. The van der Waals surface area contributed by atoms with Gasteiger partial charge < -0.3 is 4.89 Å². The van der Waals surface area contributed by atoms with E-state index in [4.69, 9.17) is 0 Å². The Labute approximate surface area is 80.4 Å². The minimum atomic E-state index is -0.843. The summed E-state index contributed by atoms with van der Waals surface area (Å²) in [6.07, 6.45) is 0. The second-order valence-corrected chi connectivity index (χ2v) is 2.39. The minimum Gasteiger partial charge on any atom is -0.332 e. The third-order valence-corrected chi connectivity index (χ3v) is 1.43. The Bertz CT molecular complexity index is 368. The van der Waals surface area contributed by atoms with Crippen molar-refractivity contribution in [2.45, 2.75) is 6.92 Å². The molecule has 14 heavy (non-hydrogen) atoms. The number of hydrogen-bond donors (Lipinski definition) is 0. The zero-order valence-electron chi connectivity index (χ0n) is 7.73. The number of rotatable bonds is 2. The second-order valence-electron chi connectivity index (χ2n) is 2.39. The minimum absolute atomic E-state index is 0.256. The van der Waals surface area contributed by atoms with Gasteiger partial charge in [0, 0.05) is 5.56 Å². The third kappa shape index (κ3) is 2.21. The summed E-state index contributed by atoms with van der Waals surface area (Å²) in [6.45, 7) is 1.58. The van der Waals surface area contributed by atoms with Crippen LogP contribution in [0.1, 0.15) is 12.5 Å². The lowest BCUT2D eigenvalue weighted by Crippen LogP contribution is -1.98. The van der Waals surface area contributed by atoms with Crippen LogP contribution in [-0.2, 0) is 4.89 Å². The SMILES string of the molecule is CC#Cc1cc(F)c(OOC)c(F)c1. The van der Waals surface area contributed by atoms with Crippen LogP contribution >= 0.6 is 0 Å². The van der Waals surface area contributed by atoms with Crippen LogP contribution in [0.2, 0.25) is 0 Å². The topological polar surface area (TPSA) is 18.5 Å². The van der Waals surface area contributed by atoms with Crippen molar-refractivity contribution < 1.29 is 18.6 Å². The number of halogens is 2. The fraction of sp³-hybridized carbons (Fsp3) is 0.200. The molecule has 0 saturated carbocycles. The van der Waals surface area contributed by atoms with E-state index in [1.165, 1.54) is 7.11 Å². The van der Waals surface area contributed by atoms with Crippen LogP contribution in [-0.4, -0.2) is 7.11 Å². The van der Waals surface area contributed by atoms with Crippen LogP contribution < -0.4 is 4.89 Å². The van der Waals surface area contributed by atoms with E-state index in [1.54, 1.807) is 6.92 Å².